The maximum absolute atomic E-state index is 3.36. The van der Waals surface area contributed by atoms with Crippen molar-refractivity contribution < 1.29 is 34.0 Å². The van der Waals surface area contributed by atoms with Crippen LogP contribution in [0.5, 0.6) is 0 Å². The van der Waals surface area contributed by atoms with Crippen LogP contribution in [0.3, 0.4) is 0 Å². The van der Waals surface area contributed by atoms with Gasteiger partial charge in [-0.25, -0.2) is 0 Å². The van der Waals surface area contributed by atoms with Crippen LogP contribution in [0.2, 0.25) is 0 Å². The van der Waals surface area contributed by atoms with Crippen molar-refractivity contribution in [3.05, 3.63) is 34.3 Å². The molecule has 0 N–H and O–H groups in total. The van der Waals surface area contributed by atoms with Gasteiger partial charge in [-0.15, -0.1) is 0 Å². The second-order valence-electron chi connectivity index (χ2n) is 1.80. The predicted octanol–water partition coefficient (Wildman–Crippen LogP) is -3.62. The first-order chi connectivity index (χ1) is 3.79. The molecule has 0 unspecified atom stereocenters. The van der Waals surface area contributed by atoms with Crippen molar-refractivity contribution in [3.8, 4) is 0 Å². The Morgan fingerprint density at radius 3 is 2.00 bits per heavy atom. The Morgan fingerprint density at radius 1 is 1.18 bits per heavy atom. The van der Waals surface area contributed by atoms with Crippen LogP contribution in [0.15, 0.2) is 28.7 Å². The fourth-order valence-corrected chi connectivity index (χ4v) is 1.12. The van der Waals surface area contributed by atoms with Gasteiger partial charge < -0.3 is 34.0 Å². The van der Waals surface area contributed by atoms with Gasteiger partial charge in [-0.2, -0.15) is 0 Å². The van der Waals surface area contributed by atoms with E-state index in [-0.39, 0.29) is 57.0 Å². The normalized spacial score (nSPS) is 6.73. The van der Waals surface area contributed by atoms with Gasteiger partial charge in [0.25, 0.3) is 0 Å². The summed E-state index contributed by atoms with van der Waals surface area (Å²) >= 11 is 3.36. The van der Waals surface area contributed by atoms with Crippen LogP contribution in [0.25, 0.3) is 0 Å². The van der Waals surface area contributed by atoms with Gasteiger partial charge >= 0.3 is 23.1 Å². The van der Waals surface area contributed by atoms with E-state index in [1.54, 1.807) is 0 Å². The van der Waals surface area contributed by atoms with E-state index in [4.69, 9.17) is 0 Å². The molecule has 1 aromatic rings. The molecular weight excluding hydrogens is 348 g/mol. The van der Waals surface area contributed by atoms with Crippen molar-refractivity contribution in [2.24, 2.45) is 0 Å². The first kappa shape index (κ1) is 18.3. The monoisotopic (exact) mass is 352 g/mol. The van der Waals surface area contributed by atoms with Crippen molar-refractivity contribution in [1.82, 2.24) is 0 Å². The van der Waals surface area contributed by atoms with Crippen LogP contribution in [0.1, 0.15) is 5.56 Å². The van der Waals surface area contributed by atoms with Gasteiger partial charge in [0.05, 0.1) is 0 Å². The van der Waals surface area contributed by atoms with Crippen LogP contribution in [0, 0.1) is 6.92 Å². The van der Waals surface area contributed by atoms with Crippen molar-refractivity contribution in [2.45, 2.75) is 6.92 Å². The molecule has 0 aliphatic heterocycles. The van der Waals surface area contributed by atoms with Crippen LogP contribution in [0.4, 0.5) is 0 Å². The van der Waals surface area contributed by atoms with E-state index in [0.717, 1.165) is 4.47 Å². The maximum atomic E-state index is 3.36. The third-order valence-electron chi connectivity index (χ3n) is 0.980. The number of hydrogen-bond donors (Lipinski definition) is 0. The number of hydrogen-bond acceptors (Lipinski definition) is 0. The van der Waals surface area contributed by atoms with E-state index in [1.807, 2.05) is 12.1 Å². The number of halogens is 3. The summed E-state index contributed by atoms with van der Waals surface area (Å²) in [6, 6.07) is 8.21. The molecule has 1 rings (SSSR count). The van der Waals surface area contributed by atoms with Gasteiger partial charge in [0.1, 0.15) is 0 Å². The topological polar surface area (TPSA) is 0 Å². The molecule has 0 atom stereocenters. The number of benzene rings is 1. The zero-order valence-corrected chi connectivity index (χ0v) is 12.3. The van der Waals surface area contributed by atoms with E-state index in [9.17, 15) is 0 Å². The van der Waals surface area contributed by atoms with E-state index < -0.39 is 0 Å². The second kappa shape index (κ2) is 9.51. The molecule has 4 heteroatoms. The minimum Gasteiger partial charge on any atom is -1.00 e. The Balaban J connectivity index is -0.000000213. The van der Waals surface area contributed by atoms with E-state index in [1.165, 1.54) is 5.56 Å². The number of aryl methyl sites for hydroxylation is 1. The molecule has 0 saturated heterocycles. The molecule has 58 valence electrons. The standard InChI is InChI=1S/C7H7Br.2BrH.Mg/c1-6-3-2-4-7(8)5-6;;;/h2-5H,1H3;2*1H;/q;;;+2/p-2. The zero-order valence-electron chi connectivity index (χ0n) is 6.15. The molecule has 0 aliphatic carbocycles. The fraction of sp³-hybridized carbons (Fsp3) is 0.143. The quantitative estimate of drug-likeness (QED) is 0.422. The van der Waals surface area contributed by atoms with Gasteiger partial charge in [0.2, 0.25) is 0 Å². The first-order valence-electron chi connectivity index (χ1n) is 2.51. The molecular formula is C7H7Br3Mg. The van der Waals surface area contributed by atoms with Gasteiger partial charge in [-0.1, -0.05) is 33.6 Å². The fourth-order valence-electron chi connectivity index (χ4n) is 0.606. The van der Waals surface area contributed by atoms with Crippen LogP contribution in [-0.2, 0) is 0 Å². The molecule has 0 aromatic heterocycles. The van der Waals surface area contributed by atoms with Crippen LogP contribution in [-0.4, -0.2) is 23.1 Å². The van der Waals surface area contributed by atoms with E-state index in [0.29, 0.717) is 0 Å². The predicted molar refractivity (Wildman–Crippen MR) is 44.6 cm³/mol. The Hall–Kier alpha value is 1.43. The maximum Gasteiger partial charge on any atom is 2.00 e. The van der Waals surface area contributed by atoms with Gasteiger partial charge in [0.15, 0.2) is 0 Å². The molecule has 0 spiro atoms. The summed E-state index contributed by atoms with van der Waals surface area (Å²) < 4.78 is 1.15. The third-order valence-corrected chi connectivity index (χ3v) is 1.47. The average molecular weight is 355 g/mol. The SMILES string of the molecule is Cc1cccc(Br)c1.[Br-].[Br-].[Mg+2]. The van der Waals surface area contributed by atoms with Crippen LogP contribution >= 0.6 is 15.9 Å². The first-order valence-corrected chi connectivity index (χ1v) is 3.30. The molecule has 11 heavy (non-hydrogen) atoms. The van der Waals surface area contributed by atoms with Crippen molar-refractivity contribution in [2.75, 3.05) is 0 Å². The average Bonchev–Trinajstić information content (AvgIpc) is 1.64. The van der Waals surface area contributed by atoms with Gasteiger partial charge in [0, 0.05) is 4.47 Å². The second-order valence-corrected chi connectivity index (χ2v) is 2.71. The third kappa shape index (κ3) is 7.78. The minimum atomic E-state index is 0. The smallest absolute Gasteiger partial charge is 1.00 e. The Kier molecular flexibility index (Phi) is 15.8. The summed E-state index contributed by atoms with van der Waals surface area (Å²) in [5, 5.41) is 0. The van der Waals surface area contributed by atoms with E-state index in [2.05, 4.69) is 35.0 Å². The molecule has 0 nitrogen and oxygen atoms in total. The Morgan fingerprint density at radius 2 is 1.73 bits per heavy atom. The summed E-state index contributed by atoms with van der Waals surface area (Å²) in [5.74, 6) is 0. The van der Waals surface area contributed by atoms with Crippen molar-refractivity contribution >= 4 is 39.0 Å². The molecule has 1 aromatic carbocycles. The summed E-state index contributed by atoms with van der Waals surface area (Å²) in [6.07, 6.45) is 0. The Bertz CT molecular complexity index is 174. The zero-order chi connectivity index (χ0) is 5.98. The Labute approximate surface area is 113 Å². The molecule has 0 aliphatic rings. The van der Waals surface area contributed by atoms with Crippen LogP contribution < -0.4 is 34.0 Å². The summed E-state index contributed by atoms with van der Waals surface area (Å²) in [6.45, 7) is 2.07. The molecule has 0 heterocycles. The van der Waals surface area contributed by atoms with Crippen molar-refractivity contribution in [3.63, 3.8) is 0 Å². The molecule has 0 radical (unpaired) electrons. The molecule has 0 bridgehead atoms. The molecule has 0 fully saturated rings. The molecule has 0 amide bonds. The largest absolute Gasteiger partial charge is 2.00 e. The number of rotatable bonds is 0. The van der Waals surface area contributed by atoms with Crippen molar-refractivity contribution in [1.29, 1.82) is 0 Å². The van der Waals surface area contributed by atoms with Gasteiger partial charge in [-0.3, -0.25) is 0 Å². The summed E-state index contributed by atoms with van der Waals surface area (Å²) in [5.41, 5.74) is 1.29. The van der Waals surface area contributed by atoms with E-state index >= 15 is 0 Å². The summed E-state index contributed by atoms with van der Waals surface area (Å²) in [4.78, 5) is 0. The van der Waals surface area contributed by atoms with Gasteiger partial charge in [-0.05, 0) is 19.1 Å². The minimum absolute atomic E-state index is 0. The summed E-state index contributed by atoms with van der Waals surface area (Å²) in [7, 11) is 0. The molecule has 0 saturated carbocycles.